The third kappa shape index (κ3) is 39.1. The van der Waals surface area contributed by atoms with Crippen LogP contribution in [0.15, 0.2) is 48.6 Å². The Morgan fingerprint density at radius 3 is 1.15 bits per heavy atom. The highest BCUT2D eigenvalue weighted by atomic mass is 16.5. The fourth-order valence-corrected chi connectivity index (χ4v) is 4.30. The zero-order chi connectivity index (χ0) is 39.2. The van der Waals surface area contributed by atoms with Gasteiger partial charge >= 0.3 is 5.97 Å². The monoisotopic (exact) mass is 757 g/mol. The number of rotatable bonds is 42. The van der Waals surface area contributed by atoms with Gasteiger partial charge < -0.3 is 54.1 Å². The van der Waals surface area contributed by atoms with E-state index in [0.29, 0.717) is 138 Å². The van der Waals surface area contributed by atoms with Gasteiger partial charge in [0.1, 0.15) is 6.04 Å². The van der Waals surface area contributed by atoms with E-state index in [1.54, 1.807) is 0 Å². The first-order valence-electron chi connectivity index (χ1n) is 19.1. The van der Waals surface area contributed by atoms with E-state index in [1.807, 2.05) is 6.92 Å². The molecule has 0 radical (unpaired) electrons. The Kier molecular flexibility index (Phi) is 36.1. The van der Waals surface area contributed by atoms with Gasteiger partial charge in [-0.25, -0.2) is 0 Å². The molecule has 0 spiro atoms. The molecule has 13 nitrogen and oxygen atoms in total. The summed E-state index contributed by atoms with van der Waals surface area (Å²) in [6.07, 6.45) is 7.58. The van der Waals surface area contributed by atoms with E-state index in [-0.39, 0.29) is 12.3 Å². The Labute approximate surface area is 319 Å². The topological polar surface area (TPSA) is 166 Å². The molecule has 0 aromatic rings. The van der Waals surface area contributed by atoms with Crippen LogP contribution in [0.1, 0.15) is 77.6 Å². The van der Waals surface area contributed by atoms with Gasteiger partial charge in [-0.15, -0.1) is 6.58 Å². The van der Waals surface area contributed by atoms with Crippen molar-refractivity contribution in [2.75, 3.05) is 112 Å². The summed E-state index contributed by atoms with van der Waals surface area (Å²) in [4.78, 5) is 22.5. The van der Waals surface area contributed by atoms with Crippen molar-refractivity contribution in [2.45, 2.75) is 83.6 Å². The lowest BCUT2D eigenvalue weighted by Gasteiger charge is -2.10. The maximum Gasteiger partial charge on any atom is 0.320 e. The van der Waals surface area contributed by atoms with Crippen LogP contribution in [-0.4, -0.2) is 135 Å². The average Bonchev–Trinajstić information content (AvgIpc) is 3.12. The molecule has 0 saturated carbocycles. The molecular formula is C40H72N2O11. The lowest BCUT2D eigenvalue weighted by atomic mass is 10.1. The lowest BCUT2D eigenvalue weighted by Crippen LogP contribution is -2.30. The van der Waals surface area contributed by atoms with Crippen LogP contribution in [0.3, 0.4) is 0 Å². The van der Waals surface area contributed by atoms with E-state index in [1.165, 1.54) is 0 Å². The van der Waals surface area contributed by atoms with Crippen molar-refractivity contribution in [1.82, 2.24) is 5.32 Å². The molecule has 0 bridgehead atoms. The zero-order valence-electron chi connectivity index (χ0n) is 32.8. The maximum absolute atomic E-state index is 11.8. The first kappa shape index (κ1) is 50.5. The van der Waals surface area contributed by atoms with E-state index in [0.717, 1.165) is 60.8 Å². The molecule has 0 heterocycles. The van der Waals surface area contributed by atoms with Gasteiger partial charge in [0.05, 0.1) is 106 Å². The van der Waals surface area contributed by atoms with E-state index in [9.17, 15) is 9.59 Å². The van der Waals surface area contributed by atoms with Gasteiger partial charge in [-0.2, -0.15) is 0 Å². The molecule has 0 fully saturated rings. The van der Waals surface area contributed by atoms with Crippen LogP contribution in [0.4, 0.5) is 0 Å². The molecule has 1 atom stereocenters. The quantitative estimate of drug-likeness (QED) is 0.0553. The molecule has 13 heteroatoms. The van der Waals surface area contributed by atoms with E-state index < -0.39 is 12.0 Å². The second-order valence-corrected chi connectivity index (χ2v) is 12.9. The Morgan fingerprint density at radius 2 is 0.811 bits per heavy atom. The van der Waals surface area contributed by atoms with Crippen LogP contribution in [0, 0.1) is 0 Å². The largest absolute Gasteiger partial charge is 0.480 e. The first-order valence-corrected chi connectivity index (χ1v) is 19.1. The van der Waals surface area contributed by atoms with Crippen LogP contribution in [-0.2, 0) is 47.5 Å². The Bertz CT molecular complexity index is 976. The number of carbonyl (C=O) groups is 2. The summed E-state index contributed by atoms with van der Waals surface area (Å²) >= 11 is 0. The van der Waals surface area contributed by atoms with Gasteiger partial charge in [-0.05, 0) is 71.1 Å². The minimum Gasteiger partial charge on any atom is -0.480 e. The molecule has 4 N–H and O–H groups in total. The predicted molar refractivity (Wildman–Crippen MR) is 208 cm³/mol. The molecule has 0 unspecified atom stereocenters. The molecule has 0 saturated heterocycles. The number of aliphatic carboxylic acids is 1. The summed E-state index contributed by atoms with van der Waals surface area (Å²) in [7, 11) is 0. The number of amides is 1. The summed E-state index contributed by atoms with van der Waals surface area (Å²) in [6.45, 7) is 27.6. The summed E-state index contributed by atoms with van der Waals surface area (Å²) < 4.78 is 44.7. The molecule has 0 aromatic carbocycles. The highest BCUT2D eigenvalue weighted by Crippen LogP contribution is 2.08. The Morgan fingerprint density at radius 1 is 0.509 bits per heavy atom. The number of carboxylic acids is 1. The van der Waals surface area contributed by atoms with Crippen LogP contribution < -0.4 is 11.1 Å². The molecule has 53 heavy (non-hydrogen) atoms. The van der Waals surface area contributed by atoms with Gasteiger partial charge in [0.25, 0.3) is 0 Å². The predicted octanol–water partition coefficient (Wildman–Crippen LogP) is 5.18. The zero-order valence-corrected chi connectivity index (χ0v) is 32.8. The fourth-order valence-electron chi connectivity index (χ4n) is 4.30. The molecule has 0 aliphatic heterocycles. The van der Waals surface area contributed by atoms with Crippen LogP contribution in [0.5, 0.6) is 0 Å². The number of ether oxygens (including phenoxy) is 8. The molecule has 308 valence electrons. The van der Waals surface area contributed by atoms with Gasteiger partial charge in [0.15, 0.2) is 0 Å². The Balaban J connectivity index is 3.39. The number of unbranched alkanes of at least 4 members (excludes halogenated alkanes) is 1. The van der Waals surface area contributed by atoms with E-state index in [4.69, 9.17) is 48.7 Å². The smallest absolute Gasteiger partial charge is 0.320 e. The standard InChI is InChI=1S/C40H72N2O11/c1-34(2)9-18-48-26-30-52-31-27-49-22-13-35(3)10-19-46-20-11-36(4)14-23-50-28-32-53-33-29-51-24-15-37(5)12-21-47-25-16-39(43)42-17-7-6-8-38(41)40(44)45/h38H,1,3-33,41H2,2H3,(H,42,43)(H,44,45)/t38-/m0/s1. The highest BCUT2D eigenvalue weighted by Gasteiger charge is 2.10. The third-order valence-electron chi connectivity index (χ3n) is 7.82. The summed E-state index contributed by atoms with van der Waals surface area (Å²) in [5.74, 6) is -1.09. The number of carbonyl (C=O) groups excluding carboxylic acids is 1. The minimum absolute atomic E-state index is 0.0874. The van der Waals surface area contributed by atoms with Crippen molar-refractivity contribution in [2.24, 2.45) is 5.73 Å². The lowest BCUT2D eigenvalue weighted by molar-refractivity contribution is -0.138. The first-order chi connectivity index (χ1) is 25.6. The highest BCUT2D eigenvalue weighted by molar-refractivity contribution is 5.75. The summed E-state index contributed by atoms with van der Waals surface area (Å²) in [6, 6.07) is -0.848. The number of nitrogens with one attached hydrogen (secondary N) is 1. The Hall–Kier alpha value is -2.46. The van der Waals surface area contributed by atoms with Gasteiger partial charge in [-0.3, -0.25) is 9.59 Å². The SMILES string of the molecule is C=C(C)CCOCCOCCOCCC(=C)CCOCCC(=C)CCOCCOCCOCCC(=C)CCOCCC(=O)NCCCC[C@H](N)C(=O)O. The molecule has 1 amide bonds. The van der Waals surface area contributed by atoms with Gasteiger partial charge in [-0.1, -0.05) is 42.0 Å². The van der Waals surface area contributed by atoms with Crippen molar-refractivity contribution in [3.8, 4) is 0 Å². The number of hydrogen-bond donors (Lipinski definition) is 3. The second-order valence-electron chi connectivity index (χ2n) is 12.9. The number of hydrogen-bond acceptors (Lipinski definition) is 11. The van der Waals surface area contributed by atoms with Crippen molar-refractivity contribution in [3.63, 3.8) is 0 Å². The molecular weight excluding hydrogens is 684 g/mol. The van der Waals surface area contributed by atoms with Crippen LogP contribution >= 0.6 is 0 Å². The van der Waals surface area contributed by atoms with Crippen LogP contribution in [0.25, 0.3) is 0 Å². The minimum atomic E-state index is -1.00. The van der Waals surface area contributed by atoms with Crippen molar-refractivity contribution in [1.29, 1.82) is 0 Å². The maximum atomic E-state index is 11.8. The van der Waals surface area contributed by atoms with Crippen molar-refractivity contribution < 1.29 is 52.6 Å². The van der Waals surface area contributed by atoms with Crippen molar-refractivity contribution >= 4 is 11.9 Å². The van der Waals surface area contributed by atoms with E-state index >= 15 is 0 Å². The number of nitrogens with two attached hydrogens (primary N) is 1. The molecule has 0 rings (SSSR count). The second kappa shape index (κ2) is 37.8. The third-order valence-corrected chi connectivity index (χ3v) is 7.82. The molecule has 0 aliphatic carbocycles. The molecule has 0 aliphatic rings. The molecule has 0 aromatic heterocycles. The normalized spacial score (nSPS) is 11.7. The number of carboxylic acid groups (broad SMARTS) is 1. The average molecular weight is 757 g/mol. The van der Waals surface area contributed by atoms with Crippen molar-refractivity contribution in [3.05, 3.63) is 48.6 Å². The van der Waals surface area contributed by atoms with Crippen LogP contribution in [0.2, 0.25) is 0 Å². The van der Waals surface area contributed by atoms with E-state index in [2.05, 4.69) is 31.6 Å². The summed E-state index contributed by atoms with van der Waals surface area (Å²) in [5, 5.41) is 11.6. The van der Waals surface area contributed by atoms with Gasteiger partial charge in [0.2, 0.25) is 5.91 Å². The van der Waals surface area contributed by atoms with Gasteiger partial charge in [0, 0.05) is 13.0 Å². The fraction of sp³-hybridized carbons (Fsp3) is 0.750. The summed E-state index contributed by atoms with van der Waals surface area (Å²) in [5.41, 5.74) is 9.83.